The van der Waals surface area contributed by atoms with E-state index < -0.39 is 16.1 Å². The highest BCUT2D eigenvalue weighted by molar-refractivity contribution is 7.89. The summed E-state index contributed by atoms with van der Waals surface area (Å²) in [4.78, 5) is 30.5. The van der Waals surface area contributed by atoms with E-state index in [0.717, 1.165) is 6.42 Å². The number of nitrogens with two attached hydrogens (primary N) is 1. The number of sulfonamides is 1. The van der Waals surface area contributed by atoms with Gasteiger partial charge >= 0.3 is 5.69 Å². The lowest BCUT2D eigenvalue weighted by atomic mass is 10.1. The first-order chi connectivity index (χ1) is 12.3. The van der Waals surface area contributed by atoms with E-state index in [1.807, 2.05) is 6.92 Å². The number of amides is 1. The van der Waals surface area contributed by atoms with Gasteiger partial charge in [0, 0.05) is 26.2 Å². The molecule has 0 radical (unpaired) electrons. The van der Waals surface area contributed by atoms with E-state index in [1.165, 1.54) is 16.4 Å². The highest BCUT2D eigenvalue weighted by Gasteiger charge is 2.31. The summed E-state index contributed by atoms with van der Waals surface area (Å²) >= 11 is 0. The Morgan fingerprint density at radius 1 is 1.19 bits per heavy atom. The van der Waals surface area contributed by atoms with Gasteiger partial charge in [-0.25, -0.2) is 13.2 Å². The Morgan fingerprint density at radius 2 is 1.81 bits per heavy atom. The van der Waals surface area contributed by atoms with Crippen LogP contribution < -0.4 is 11.4 Å². The van der Waals surface area contributed by atoms with Gasteiger partial charge < -0.3 is 20.6 Å². The fourth-order valence-electron chi connectivity index (χ4n) is 3.14. The fraction of sp³-hybridized carbons (Fsp3) is 0.500. The Kier molecular flexibility index (Phi) is 6.68. The smallest absolute Gasteiger partial charge is 0.323 e. The van der Waals surface area contributed by atoms with Crippen LogP contribution in [-0.2, 0) is 14.8 Å². The van der Waals surface area contributed by atoms with Crippen molar-refractivity contribution < 1.29 is 13.2 Å². The first-order valence-electron chi connectivity index (χ1n) is 8.59. The molecule has 1 amide bonds. The van der Waals surface area contributed by atoms with Crippen molar-refractivity contribution in [1.82, 2.24) is 19.2 Å². The molecule has 27 heavy (non-hydrogen) atoms. The topological polar surface area (TPSA) is 132 Å². The molecule has 0 bridgehead atoms. The number of fused-ring (bicyclic) bond motifs is 1. The molecular weight excluding hydrogens is 394 g/mol. The number of aromatic amines is 2. The van der Waals surface area contributed by atoms with Gasteiger partial charge in [0.25, 0.3) is 0 Å². The number of H-pyrrole nitrogens is 2. The molecule has 1 fully saturated rings. The number of nitrogens with zero attached hydrogens (tertiary/aromatic N) is 2. The van der Waals surface area contributed by atoms with Crippen LogP contribution >= 0.6 is 12.4 Å². The minimum atomic E-state index is -3.70. The van der Waals surface area contributed by atoms with E-state index >= 15 is 0 Å². The maximum Gasteiger partial charge on any atom is 0.323 e. The van der Waals surface area contributed by atoms with Gasteiger partial charge in [-0.2, -0.15) is 4.31 Å². The van der Waals surface area contributed by atoms with Crippen molar-refractivity contribution in [1.29, 1.82) is 0 Å². The lowest BCUT2D eigenvalue weighted by molar-refractivity contribution is -0.133. The first kappa shape index (κ1) is 21.4. The van der Waals surface area contributed by atoms with Crippen LogP contribution in [0.15, 0.2) is 27.9 Å². The first-order valence-corrected chi connectivity index (χ1v) is 10.0. The molecule has 1 saturated heterocycles. The molecular formula is C16H24ClN5O4S. The third kappa shape index (κ3) is 4.34. The van der Waals surface area contributed by atoms with Gasteiger partial charge in [0.15, 0.2) is 0 Å². The minimum absolute atomic E-state index is 0. The van der Waals surface area contributed by atoms with Crippen molar-refractivity contribution in [3.63, 3.8) is 0 Å². The fourth-order valence-corrected chi connectivity index (χ4v) is 4.59. The number of carbonyl (C=O) groups is 1. The average molecular weight is 418 g/mol. The van der Waals surface area contributed by atoms with Crippen LogP contribution in [0, 0.1) is 0 Å². The molecule has 4 N–H and O–H groups in total. The summed E-state index contributed by atoms with van der Waals surface area (Å²) in [6, 6.07) is 3.94. The SMILES string of the molecule is CCCC(N)C(=O)N1CCN(S(=O)(=O)c2ccc3[nH]c(=O)[nH]c3c2)CC1.Cl. The summed E-state index contributed by atoms with van der Waals surface area (Å²) < 4.78 is 27.0. The molecule has 2 heterocycles. The Labute approximate surface area is 163 Å². The van der Waals surface area contributed by atoms with Crippen LogP contribution in [0.5, 0.6) is 0 Å². The van der Waals surface area contributed by atoms with Gasteiger partial charge in [-0.05, 0) is 24.6 Å². The van der Waals surface area contributed by atoms with E-state index in [9.17, 15) is 18.0 Å². The molecule has 1 aromatic heterocycles. The summed E-state index contributed by atoms with van der Waals surface area (Å²) in [5, 5.41) is 0. The van der Waals surface area contributed by atoms with Crippen LogP contribution in [0.3, 0.4) is 0 Å². The number of carbonyl (C=O) groups excluding carboxylic acids is 1. The van der Waals surface area contributed by atoms with Crippen LogP contribution in [0.25, 0.3) is 11.0 Å². The molecule has 1 atom stereocenters. The second-order valence-corrected chi connectivity index (χ2v) is 8.35. The second kappa shape index (κ2) is 8.42. The van der Waals surface area contributed by atoms with E-state index in [4.69, 9.17) is 5.73 Å². The molecule has 0 spiro atoms. The molecule has 11 heteroatoms. The Hall–Kier alpha value is -1.88. The normalized spacial score (nSPS) is 16.9. The number of piperazine rings is 1. The molecule has 1 unspecified atom stereocenters. The van der Waals surface area contributed by atoms with Crippen molar-refractivity contribution >= 4 is 39.4 Å². The predicted molar refractivity (Wildman–Crippen MR) is 104 cm³/mol. The summed E-state index contributed by atoms with van der Waals surface area (Å²) in [5.74, 6) is -0.129. The van der Waals surface area contributed by atoms with E-state index in [1.54, 1.807) is 11.0 Å². The van der Waals surface area contributed by atoms with Crippen LogP contribution in [-0.4, -0.2) is 65.7 Å². The average Bonchev–Trinajstić information content (AvgIpc) is 3.00. The van der Waals surface area contributed by atoms with Gasteiger partial charge in [0.05, 0.1) is 22.0 Å². The Balaban J connectivity index is 0.00000261. The summed E-state index contributed by atoms with van der Waals surface area (Å²) in [5.41, 5.74) is 6.48. The predicted octanol–water partition coefficient (Wildman–Crippen LogP) is 0.238. The van der Waals surface area contributed by atoms with Crippen molar-refractivity contribution in [3.8, 4) is 0 Å². The van der Waals surface area contributed by atoms with Gasteiger partial charge in [0.2, 0.25) is 15.9 Å². The van der Waals surface area contributed by atoms with E-state index in [0.29, 0.717) is 30.5 Å². The largest absolute Gasteiger partial charge is 0.339 e. The molecule has 150 valence electrons. The Morgan fingerprint density at radius 3 is 2.44 bits per heavy atom. The van der Waals surface area contributed by atoms with Crippen molar-refractivity contribution in [3.05, 3.63) is 28.7 Å². The zero-order valence-corrected chi connectivity index (χ0v) is 16.6. The number of hydrogen-bond acceptors (Lipinski definition) is 5. The number of nitrogens with one attached hydrogen (secondary N) is 2. The molecule has 9 nitrogen and oxygen atoms in total. The van der Waals surface area contributed by atoms with Crippen LogP contribution in [0.4, 0.5) is 0 Å². The monoisotopic (exact) mass is 417 g/mol. The number of aromatic nitrogens is 2. The number of rotatable bonds is 5. The summed E-state index contributed by atoms with van der Waals surface area (Å²) in [6.45, 7) is 3.03. The van der Waals surface area contributed by atoms with E-state index in [-0.39, 0.29) is 42.0 Å². The minimum Gasteiger partial charge on any atom is -0.339 e. The number of imidazole rings is 1. The molecule has 1 aliphatic heterocycles. The highest BCUT2D eigenvalue weighted by Crippen LogP contribution is 2.21. The summed E-state index contributed by atoms with van der Waals surface area (Å²) in [7, 11) is -3.70. The maximum absolute atomic E-state index is 12.8. The molecule has 1 aromatic carbocycles. The molecule has 3 rings (SSSR count). The standard InChI is InChI=1S/C16H23N5O4S.ClH/c1-2-3-12(17)15(22)20-6-8-21(9-7-20)26(24,25)11-4-5-13-14(10-11)19-16(23)18-13;/h4-5,10,12H,2-3,6-9,17H2,1H3,(H2,18,19,23);1H. The third-order valence-electron chi connectivity index (χ3n) is 4.59. The van der Waals surface area contributed by atoms with Crippen LogP contribution in [0.1, 0.15) is 19.8 Å². The number of benzene rings is 1. The molecule has 0 saturated carbocycles. The Bertz CT molecular complexity index is 963. The lowest BCUT2D eigenvalue weighted by Crippen LogP contribution is -2.54. The number of hydrogen-bond donors (Lipinski definition) is 3. The second-order valence-electron chi connectivity index (χ2n) is 6.41. The molecule has 2 aromatic rings. The maximum atomic E-state index is 12.8. The van der Waals surface area contributed by atoms with Crippen molar-refractivity contribution in [2.45, 2.75) is 30.7 Å². The van der Waals surface area contributed by atoms with Gasteiger partial charge in [-0.15, -0.1) is 12.4 Å². The van der Waals surface area contributed by atoms with Crippen molar-refractivity contribution in [2.24, 2.45) is 5.73 Å². The van der Waals surface area contributed by atoms with Gasteiger partial charge in [0.1, 0.15) is 0 Å². The lowest BCUT2D eigenvalue weighted by Gasteiger charge is -2.35. The van der Waals surface area contributed by atoms with Gasteiger partial charge in [-0.1, -0.05) is 13.3 Å². The quantitative estimate of drug-likeness (QED) is 0.640. The zero-order chi connectivity index (χ0) is 18.9. The highest BCUT2D eigenvalue weighted by atomic mass is 35.5. The van der Waals surface area contributed by atoms with Gasteiger partial charge in [-0.3, -0.25) is 4.79 Å². The van der Waals surface area contributed by atoms with E-state index in [2.05, 4.69) is 9.97 Å². The van der Waals surface area contributed by atoms with Crippen molar-refractivity contribution in [2.75, 3.05) is 26.2 Å². The molecule has 0 aliphatic carbocycles. The number of halogens is 1. The summed E-state index contributed by atoms with van der Waals surface area (Å²) in [6.07, 6.45) is 1.44. The van der Waals surface area contributed by atoms with Crippen LogP contribution in [0.2, 0.25) is 0 Å². The zero-order valence-electron chi connectivity index (χ0n) is 15.0. The molecule has 1 aliphatic rings. The third-order valence-corrected chi connectivity index (χ3v) is 6.49.